The van der Waals surface area contributed by atoms with Crippen LogP contribution in [0.1, 0.15) is 65.7 Å². The van der Waals surface area contributed by atoms with Crippen LogP contribution in [0.4, 0.5) is 0 Å². The van der Waals surface area contributed by atoms with Crippen LogP contribution in [0.2, 0.25) is 0 Å². The van der Waals surface area contributed by atoms with Crippen LogP contribution in [0, 0.1) is 11.8 Å². The number of rotatable bonds is 5. The number of hydrogen-bond donors (Lipinski definition) is 1. The molecule has 0 amide bonds. The van der Waals surface area contributed by atoms with E-state index < -0.39 is 0 Å². The molecule has 19 heavy (non-hydrogen) atoms. The molecule has 1 aliphatic carbocycles. The first-order valence-electron chi connectivity index (χ1n) is 8.65. The van der Waals surface area contributed by atoms with Crippen molar-refractivity contribution in [2.45, 2.75) is 77.8 Å². The van der Waals surface area contributed by atoms with E-state index in [4.69, 9.17) is 0 Å². The van der Waals surface area contributed by atoms with Crippen molar-refractivity contribution >= 4 is 0 Å². The summed E-state index contributed by atoms with van der Waals surface area (Å²) in [7, 11) is 0. The summed E-state index contributed by atoms with van der Waals surface area (Å²) in [5.41, 5.74) is 0. The quantitative estimate of drug-likeness (QED) is 0.817. The molecule has 2 atom stereocenters. The second-order valence-electron chi connectivity index (χ2n) is 7.23. The van der Waals surface area contributed by atoms with Crippen molar-refractivity contribution in [2.75, 3.05) is 19.6 Å². The molecule has 112 valence electrons. The molecule has 2 nitrogen and oxygen atoms in total. The summed E-state index contributed by atoms with van der Waals surface area (Å²) in [4.78, 5) is 2.58. The predicted molar refractivity (Wildman–Crippen MR) is 83.5 cm³/mol. The van der Waals surface area contributed by atoms with Gasteiger partial charge in [-0.3, -0.25) is 0 Å². The zero-order valence-corrected chi connectivity index (χ0v) is 13.3. The van der Waals surface area contributed by atoms with E-state index in [1.807, 2.05) is 0 Å². The monoisotopic (exact) mass is 266 g/mol. The van der Waals surface area contributed by atoms with Crippen LogP contribution in [-0.2, 0) is 0 Å². The third kappa shape index (κ3) is 5.07. The summed E-state index contributed by atoms with van der Waals surface area (Å²) in [6, 6.07) is 1.61. The molecule has 0 aromatic carbocycles. The molecular weight excluding hydrogens is 232 g/mol. The van der Waals surface area contributed by atoms with Gasteiger partial charge in [-0.2, -0.15) is 0 Å². The van der Waals surface area contributed by atoms with Crippen LogP contribution < -0.4 is 5.32 Å². The molecule has 1 N–H and O–H groups in total. The molecular formula is C17H34N2. The van der Waals surface area contributed by atoms with Gasteiger partial charge in [-0.05, 0) is 63.6 Å². The van der Waals surface area contributed by atoms with Gasteiger partial charge in [0.1, 0.15) is 0 Å². The molecule has 2 aliphatic rings. The lowest BCUT2D eigenvalue weighted by molar-refractivity contribution is 0.177. The first-order valence-corrected chi connectivity index (χ1v) is 8.65. The van der Waals surface area contributed by atoms with Gasteiger partial charge in [0.25, 0.3) is 0 Å². The number of piperidine rings is 1. The van der Waals surface area contributed by atoms with Crippen LogP contribution >= 0.6 is 0 Å². The maximum atomic E-state index is 3.98. The first kappa shape index (κ1) is 15.3. The molecule has 2 rings (SSSR count). The normalized spacial score (nSPS) is 30.9. The maximum Gasteiger partial charge on any atom is 0.00940 e. The summed E-state index contributed by atoms with van der Waals surface area (Å²) in [6.07, 6.45) is 9.94. The van der Waals surface area contributed by atoms with E-state index in [2.05, 4.69) is 31.0 Å². The van der Waals surface area contributed by atoms with Crippen LogP contribution in [-0.4, -0.2) is 36.6 Å². The number of likely N-dealkylation sites (tertiary alicyclic amines) is 1. The second-order valence-corrected chi connectivity index (χ2v) is 7.23. The van der Waals surface area contributed by atoms with E-state index in [0.29, 0.717) is 0 Å². The van der Waals surface area contributed by atoms with Gasteiger partial charge < -0.3 is 10.2 Å². The zero-order chi connectivity index (χ0) is 13.7. The highest BCUT2D eigenvalue weighted by atomic mass is 15.1. The van der Waals surface area contributed by atoms with Crippen molar-refractivity contribution < 1.29 is 0 Å². The summed E-state index contributed by atoms with van der Waals surface area (Å²) in [5, 5.41) is 3.98. The highest BCUT2D eigenvalue weighted by molar-refractivity contribution is 4.84. The molecule has 2 fully saturated rings. The van der Waals surface area contributed by atoms with Crippen molar-refractivity contribution in [3.63, 3.8) is 0 Å². The van der Waals surface area contributed by atoms with Crippen molar-refractivity contribution in [1.29, 1.82) is 0 Å². The molecule has 1 aliphatic heterocycles. The van der Waals surface area contributed by atoms with E-state index in [9.17, 15) is 0 Å². The Labute approximate surface area is 120 Å². The van der Waals surface area contributed by atoms with E-state index in [-0.39, 0.29) is 0 Å². The SMILES string of the molecule is CCN1CCC(NC2CCCC(CC(C)C)C2)CC1. The summed E-state index contributed by atoms with van der Waals surface area (Å²) in [5.74, 6) is 1.86. The van der Waals surface area contributed by atoms with Gasteiger partial charge in [-0.15, -0.1) is 0 Å². The maximum absolute atomic E-state index is 3.98. The number of nitrogens with zero attached hydrogens (tertiary/aromatic N) is 1. The van der Waals surface area contributed by atoms with E-state index in [1.54, 1.807) is 0 Å². The standard InChI is InChI=1S/C17H34N2/c1-4-19-10-8-16(9-11-19)18-17-7-5-6-15(13-17)12-14(2)3/h14-18H,4-13H2,1-3H3. The fourth-order valence-corrected chi connectivity index (χ4v) is 4.07. The lowest BCUT2D eigenvalue weighted by Crippen LogP contribution is -2.47. The molecule has 1 saturated carbocycles. The van der Waals surface area contributed by atoms with Crippen molar-refractivity contribution in [3.05, 3.63) is 0 Å². The van der Waals surface area contributed by atoms with E-state index in [1.165, 1.54) is 64.6 Å². The van der Waals surface area contributed by atoms with Crippen molar-refractivity contribution in [2.24, 2.45) is 11.8 Å². The second kappa shape index (κ2) is 7.64. The average Bonchev–Trinajstić information content (AvgIpc) is 2.39. The smallest absolute Gasteiger partial charge is 0.00940 e. The van der Waals surface area contributed by atoms with E-state index >= 15 is 0 Å². The minimum Gasteiger partial charge on any atom is -0.311 e. The van der Waals surface area contributed by atoms with Gasteiger partial charge in [-0.25, -0.2) is 0 Å². The Morgan fingerprint density at radius 3 is 2.42 bits per heavy atom. The first-order chi connectivity index (χ1) is 9.17. The molecule has 0 spiro atoms. The van der Waals surface area contributed by atoms with Gasteiger partial charge >= 0.3 is 0 Å². The lowest BCUT2D eigenvalue weighted by atomic mass is 9.80. The summed E-state index contributed by atoms with van der Waals surface area (Å²) >= 11 is 0. The molecule has 0 bridgehead atoms. The third-order valence-corrected chi connectivity index (χ3v) is 5.09. The van der Waals surface area contributed by atoms with Gasteiger partial charge in [0, 0.05) is 12.1 Å². The number of nitrogens with one attached hydrogen (secondary N) is 1. The number of hydrogen-bond acceptors (Lipinski definition) is 2. The highest BCUT2D eigenvalue weighted by Gasteiger charge is 2.26. The average molecular weight is 266 g/mol. The fourth-order valence-electron chi connectivity index (χ4n) is 4.07. The Bertz CT molecular complexity index is 244. The summed E-state index contributed by atoms with van der Waals surface area (Å²) in [6.45, 7) is 10.9. The molecule has 1 saturated heterocycles. The van der Waals surface area contributed by atoms with Crippen molar-refractivity contribution in [3.8, 4) is 0 Å². The lowest BCUT2D eigenvalue weighted by Gasteiger charge is -2.37. The molecule has 0 aromatic rings. The van der Waals surface area contributed by atoms with Gasteiger partial charge in [0.2, 0.25) is 0 Å². The highest BCUT2D eigenvalue weighted by Crippen LogP contribution is 2.30. The Kier molecular flexibility index (Phi) is 6.15. The largest absolute Gasteiger partial charge is 0.311 e. The Morgan fingerprint density at radius 1 is 1.05 bits per heavy atom. The third-order valence-electron chi connectivity index (χ3n) is 5.09. The minimum absolute atomic E-state index is 0.797. The van der Waals surface area contributed by atoms with Gasteiger partial charge in [0.15, 0.2) is 0 Å². The van der Waals surface area contributed by atoms with Crippen molar-refractivity contribution in [1.82, 2.24) is 10.2 Å². The molecule has 0 aromatic heterocycles. The zero-order valence-electron chi connectivity index (χ0n) is 13.3. The van der Waals surface area contributed by atoms with Crippen LogP contribution in [0.15, 0.2) is 0 Å². The molecule has 2 unspecified atom stereocenters. The van der Waals surface area contributed by atoms with Gasteiger partial charge in [0.05, 0.1) is 0 Å². The fraction of sp³-hybridized carbons (Fsp3) is 1.00. The van der Waals surface area contributed by atoms with Gasteiger partial charge in [-0.1, -0.05) is 33.6 Å². The van der Waals surface area contributed by atoms with Crippen LogP contribution in [0.5, 0.6) is 0 Å². The molecule has 0 radical (unpaired) electrons. The Hall–Kier alpha value is -0.0800. The minimum atomic E-state index is 0.797. The molecule has 1 heterocycles. The van der Waals surface area contributed by atoms with Crippen LogP contribution in [0.25, 0.3) is 0 Å². The summed E-state index contributed by atoms with van der Waals surface area (Å²) < 4.78 is 0. The molecule has 2 heteroatoms. The van der Waals surface area contributed by atoms with E-state index in [0.717, 1.165) is 23.9 Å². The topological polar surface area (TPSA) is 15.3 Å². The van der Waals surface area contributed by atoms with Crippen LogP contribution in [0.3, 0.4) is 0 Å². The predicted octanol–water partition coefficient (Wildman–Crippen LogP) is 3.67. The Morgan fingerprint density at radius 2 is 1.79 bits per heavy atom. The Balaban J connectivity index is 1.70.